The van der Waals surface area contributed by atoms with Crippen molar-refractivity contribution in [3.8, 4) is 11.5 Å². The first kappa shape index (κ1) is 18.5. The molecule has 0 radical (unpaired) electrons. The van der Waals surface area contributed by atoms with Crippen LogP contribution in [0.4, 0.5) is 0 Å². The average Bonchev–Trinajstić information content (AvgIpc) is 3.01. The molecule has 7 heteroatoms. The molecule has 0 fully saturated rings. The fraction of sp³-hybridized carbons (Fsp3) is 0.588. The summed E-state index contributed by atoms with van der Waals surface area (Å²) < 4.78 is 10.7. The number of hydrogen-bond acceptors (Lipinski definition) is 6. The number of fused-ring (bicyclic) bond motifs is 1. The molecule has 134 valence electrons. The van der Waals surface area contributed by atoms with Crippen molar-refractivity contribution < 1.29 is 19.4 Å². The van der Waals surface area contributed by atoms with Crippen LogP contribution in [0.3, 0.4) is 0 Å². The number of rotatable bonds is 8. The zero-order chi connectivity index (χ0) is 17.7. The van der Waals surface area contributed by atoms with Gasteiger partial charge in [-0.2, -0.15) is 0 Å². The second kappa shape index (κ2) is 8.32. The molecule has 3 unspecified atom stereocenters. The van der Waals surface area contributed by atoms with Gasteiger partial charge in [0.1, 0.15) is 6.04 Å². The van der Waals surface area contributed by atoms with Gasteiger partial charge < -0.3 is 25.6 Å². The Kier molecular flexibility index (Phi) is 6.42. The van der Waals surface area contributed by atoms with Crippen LogP contribution in [0.25, 0.3) is 0 Å². The summed E-state index contributed by atoms with van der Waals surface area (Å²) in [5.41, 5.74) is 6.78. The first-order valence-corrected chi connectivity index (χ1v) is 8.26. The van der Waals surface area contributed by atoms with Gasteiger partial charge in [-0.1, -0.05) is 13.0 Å². The number of benzene rings is 1. The van der Waals surface area contributed by atoms with Crippen molar-refractivity contribution in [1.29, 1.82) is 0 Å². The lowest BCUT2D eigenvalue weighted by atomic mass is 10.1. The van der Waals surface area contributed by atoms with Gasteiger partial charge in [0.15, 0.2) is 11.5 Å². The second-order valence-corrected chi connectivity index (χ2v) is 6.11. The van der Waals surface area contributed by atoms with E-state index in [1.54, 1.807) is 0 Å². The van der Waals surface area contributed by atoms with Gasteiger partial charge >= 0.3 is 0 Å². The highest BCUT2D eigenvalue weighted by Crippen LogP contribution is 2.32. The predicted octanol–water partition coefficient (Wildman–Crippen LogP) is 0.450. The molecule has 0 spiro atoms. The lowest BCUT2D eigenvalue weighted by molar-refractivity contribution is -0.125. The van der Waals surface area contributed by atoms with Gasteiger partial charge in [-0.05, 0) is 44.5 Å². The molecule has 24 heavy (non-hydrogen) atoms. The molecule has 1 aliphatic rings. The number of carbonyl (C=O) groups excluding carboxylic acids is 1. The number of ether oxygens (including phenoxy) is 2. The van der Waals surface area contributed by atoms with Gasteiger partial charge in [0, 0.05) is 6.04 Å². The number of nitrogens with zero attached hydrogens (tertiary/aromatic N) is 1. The Morgan fingerprint density at radius 3 is 2.75 bits per heavy atom. The largest absolute Gasteiger partial charge is 0.454 e. The summed E-state index contributed by atoms with van der Waals surface area (Å²) in [4.78, 5) is 14.0. The van der Waals surface area contributed by atoms with Crippen molar-refractivity contribution in [3.05, 3.63) is 23.8 Å². The predicted molar refractivity (Wildman–Crippen MR) is 90.8 cm³/mol. The third-order valence-corrected chi connectivity index (χ3v) is 4.28. The Bertz CT molecular complexity index is 565. The van der Waals surface area contributed by atoms with Gasteiger partial charge in [0.25, 0.3) is 0 Å². The molecule has 1 amide bonds. The highest BCUT2D eigenvalue weighted by Gasteiger charge is 2.21. The van der Waals surface area contributed by atoms with Gasteiger partial charge in [-0.25, -0.2) is 0 Å². The number of amides is 1. The maximum atomic E-state index is 11.9. The minimum atomic E-state index is -0.909. The van der Waals surface area contributed by atoms with Crippen LogP contribution >= 0.6 is 0 Å². The molecule has 0 saturated heterocycles. The van der Waals surface area contributed by atoms with E-state index in [4.69, 9.17) is 15.2 Å². The van der Waals surface area contributed by atoms with Crippen LogP contribution in [0.15, 0.2) is 18.2 Å². The summed E-state index contributed by atoms with van der Waals surface area (Å²) in [6, 6.07) is 5.25. The molecule has 1 aromatic carbocycles. The molecule has 1 aromatic rings. The van der Waals surface area contributed by atoms with Crippen molar-refractivity contribution in [1.82, 2.24) is 10.2 Å². The lowest BCUT2D eigenvalue weighted by Crippen LogP contribution is -2.51. The van der Waals surface area contributed by atoms with Crippen LogP contribution in [0, 0.1) is 0 Å². The molecular formula is C17H27N3O4. The molecule has 0 bridgehead atoms. The topological polar surface area (TPSA) is 97.1 Å². The Labute approximate surface area is 142 Å². The van der Waals surface area contributed by atoms with Gasteiger partial charge in [-0.15, -0.1) is 0 Å². The van der Waals surface area contributed by atoms with Crippen LogP contribution in [0.5, 0.6) is 11.5 Å². The van der Waals surface area contributed by atoms with Crippen molar-refractivity contribution in [2.75, 3.05) is 20.0 Å². The van der Waals surface area contributed by atoms with Gasteiger partial charge in [-0.3, -0.25) is 9.69 Å². The Morgan fingerprint density at radius 1 is 1.38 bits per heavy atom. The first-order chi connectivity index (χ1) is 11.4. The number of aliphatic hydroxyl groups is 1. The van der Waals surface area contributed by atoms with Crippen LogP contribution in [-0.4, -0.2) is 54.1 Å². The average molecular weight is 337 g/mol. The molecule has 0 aliphatic carbocycles. The summed E-state index contributed by atoms with van der Waals surface area (Å²) in [5.74, 6) is 1.20. The number of hydrogen-bond donors (Lipinski definition) is 3. The summed E-state index contributed by atoms with van der Waals surface area (Å²) in [7, 11) is 0. The summed E-state index contributed by atoms with van der Waals surface area (Å²) in [6.45, 7) is 7.10. The molecule has 0 saturated carbocycles. The standard InChI is InChI=1S/C17H27N3O4/c1-4-20(9-19-17(22)16(18)12(3)21)11(2)7-13-5-6-14-15(8-13)24-10-23-14/h5-6,8,11-12,16,21H,4,7,9-10,18H2,1-3H3,(H,19,22). The third-order valence-electron chi connectivity index (χ3n) is 4.28. The number of likely N-dealkylation sites (N-methyl/N-ethyl adjacent to an activating group) is 1. The molecule has 0 aromatic heterocycles. The van der Waals surface area contributed by atoms with E-state index >= 15 is 0 Å². The summed E-state index contributed by atoms with van der Waals surface area (Å²) in [6.07, 6.45) is -0.0471. The maximum absolute atomic E-state index is 11.9. The quantitative estimate of drug-likeness (QED) is 0.596. The monoisotopic (exact) mass is 337 g/mol. The Balaban J connectivity index is 1.89. The third kappa shape index (κ3) is 4.59. The molecule has 1 aliphatic heterocycles. The van der Waals surface area contributed by atoms with Crippen LogP contribution < -0.4 is 20.5 Å². The van der Waals surface area contributed by atoms with Crippen LogP contribution in [-0.2, 0) is 11.2 Å². The zero-order valence-corrected chi connectivity index (χ0v) is 14.5. The SMILES string of the molecule is CCN(CNC(=O)C(N)C(C)O)C(C)Cc1ccc2c(c1)OCO2. The molecular weight excluding hydrogens is 310 g/mol. The highest BCUT2D eigenvalue weighted by molar-refractivity contribution is 5.81. The van der Waals surface area contributed by atoms with Crippen LogP contribution in [0.1, 0.15) is 26.3 Å². The van der Waals surface area contributed by atoms with Gasteiger partial charge in [0.2, 0.25) is 12.7 Å². The number of nitrogens with two attached hydrogens (primary N) is 1. The van der Waals surface area contributed by atoms with Crippen molar-refractivity contribution in [2.24, 2.45) is 5.73 Å². The number of carbonyl (C=O) groups is 1. The highest BCUT2D eigenvalue weighted by atomic mass is 16.7. The van der Waals surface area contributed by atoms with E-state index in [0.717, 1.165) is 30.0 Å². The maximum Gasteiger partial charge on any atom is 0.240 e. The summed E-state index contributed by atoms with van der Waals surface area (Å²) in [5, 5.41) is 12.2. The first-order valence-electron chi connectivity index (χ1n) is 8.26. The number of aliphatic hydroxyl groups excluding tert-OH is 1. The van der Waals surface area contributed by atoms with E-state index < -0.39 is 12.1 Å². The normalized spacial score (nSPS) is 16.8. The van der Waals surface area contributed by atoms with Crippen LogP contribution in [0.2, 0.25) is 0 Å². The van der Waals surface area contributed by atoms with Crippen molar-refractivity contribution in [2.45, 2.75) is 45.4 Å². The smallest absolute Gasteiger partial charge is 0.240 e. The van der Waals surface area contributed by atoms with E-state index in [1.165, 1.54) is 6.92 Å². The Hall–Kier alpha value is -1.83. The van der Waals surface area contributed by atoms with E-state index in [2.05, 4.69) is 17.1 Å². The van der Waals surface area contributed by atoms with Crippen molar-refractivity contribution >= 4 is 5.91 Å². The van der Waals surface area contributed by atoms with Gasteiger partial charge in [0.05, 0.1) is 12.8 Å². The van der Waals surface area contributed by atoms with E-state index in [9.17, 15) is 9.90 Å². The number of nitrogens with one attached hydrogen (secondary N) is 1. The fourth-order valence-corrected chi connectivity index (χ4v) is 2.63. The molecule has 1 heterocycles. The summed E-state index contributed by atoms with van der Waals surface area (Å²) >= 11 is 0. The molecule has 4 N–H and O–H groups in total. The minimum Gasteiger partial charge on any atom is -0.454 e. The molecule has 3 atom stereocenters. The van der Waals surface area contributed by atoms with E-state index in [1.807, 2.05) is 25.1 Å². The second-order valence-electron chi connectivity index (χ2n) is 6.11. The molecule has 2 rings (SSSR count). The molecule has 7 nitrogen and oxygen atoms in total. The van der Waals surface area contributed by atoms with E-state index in [0.29, 0.717) is 6.67 Å². The zero-order valence-electron chi connectivity index (χ0n) is 14.5. The Morgan fingerprint density at radius 2 is 2.08 bits per heavy atom. The minimum absolute atomic E-state index is 0.221. The van der Waals surface area contributed by atoms with Crippen molar-refractivity contribution in [3.63, 3.8) is 0 Å². The lowest BCUT2D eigenvalue weighted by Gasteiger charge is -2.29. The van der Waals surface area contributed by atoms with E-state index in [-0.39, 0.29) is 18.7 Å². The fourth-order valence-electron chi connectivity index (χ4n) is 2.63.